The molecule has 1 saturated heterocycles. The number of amides is 1. The van der Waals surface area contributed by atoms with E-state index in [1.807, 2.05) is 0 Å². The smallest absolute Gasteiger partial charge is 0.308 e. The molecule has 0 bridgehead atoms. The lowest BCUT2D eigenvalue weighted by Crippen LogP contribution is -2.47. The van der Waals surface area contributed by atoms with Gasteiger partial charge in [-0.2, -0.15) is 0 Å². The van der Waals surface area contributed by atoms with Crippen LogP contribution in [0.3, 0.4) is 0 Å². The van der Waals surface area contributed by atoms with E-state index >= 15 is 0 Å². The highest BCUT2D eigenvalue weighted by molar-refractivity contribution is 6.31. The molecule has 2 atom stereocenters. The van der Waals surface area contributed by atoms with E-state index < -0.39 is 22.7 Å². The van der Waals surface area contributed by atoms with Crippen LogP contribution in [-0.4, -0.2) is 39.4 Å². The first-order valence-corrected chi connectivity index (χ1v) is 7.16. The topological polar surface area (TPSA) is 101 Å². The number of halogens is 1. The minimum absolute atomic E-state index is 0.0507. The molecule has 2 rings (SSSR count). The number of nitrogens with zero attached hydrogens (tertiary/aromatic N) is 2. The van der Waals surface area contributed by atoms with Gasteiger partial charge in [0.25, 0.3) is 11.6 Å². The summed E-state index contributed by atoms with van der Waals surface area (Å²) in [6, 6.07) is 3.67. The minimum Gasteiger partial charge on any atom is -0.481 e. The van der Waals surface area contributed by atoms with Gasteiger partial charge in [0.1, 0.15) is 5.56 Å². The molecule has 0 radical (unpaired) electrons. The number of carbonyl (C=O) groups excluding carboxylic acids is 1. The van der Waals surface area contributed by atoms with Crippen LogP contribution in [0.2, 0.25) is 5.02 Å². The molecule has 1 aromatic rings. The highest BCUT2D eigenvalue weighted by Gasteiger charge is 2.35. The van der Waals surface area contributed by atoms with Gasteiger partial charge in [-0.25, -0.2) is 0 Å². The molecule has 0 aromatic heterocycles. The monoisotopic (exact) mass is 326 g/mol. The normalized spacial score (nSPS) is 21.5. The van der Waals surface area contributed by atoms with Crippen LogP contribution in [0.5, 0.6) is 0 Å². The molecule has 0 saturated carbocycles. The molecule has 0 spiro atoms. The average Bonchev–Trinajstić information content (AvgIpc) is 2.46. The summed E-state index contributed by atoms with van der Waals surface area (Å²) in [4.78, 5) is 35.5. The van der Waals surface area contributed by atoms with Gasteiger partial charge in [0, 0.05) is 23.7 Å². The lowest BCUT2D eigenvalue weighted by molar-refractivity contribution is -0.385. The van der Waals surface area contributed by atoms with Gasteiger partial charge >= 0.3 is 5.97 Å². The molecule has 1 aromatic carbocycles. The standard InChI is InChI=1S/C14H15ClN2O5/c1-8-2-3-9(14(19)20)7-16(8)13(18)11-5-4-10(15)6-12(11)17(21)22/h4-6,8-9H,2-3,7H2,1H3,(H,19,20). The Balaban J connectivity index is 2.34. The van der Waals surface area contributed by atoms with Gasteiger partial charge < -0.3 is 10.0 Å². The Morgan fingerprint density at radius 2 is 2.09 bits per heavy atom. The molecule has 1 aliphatic rings. The van der Waals surface area contributed by atoms with Crippen LogP contribution in [-0.2, 0) is 4.79 Å². The van der Waals surface area contributed by atoms with Crippen molar-refractivity contribution >= 4 is 29.2 Å². The third-order valence-corrected chi connectivity index (χ3v) is 4.11. The van der Waals surface area contributed by atoms with Gasteiger partial charge in [-0.1, -0.05) is 11.6 Å². The highest BCUT2D eigenvalue weighted by atomic mass is 35.5. The Labute approximate surface area is 131 Å². The zero-order valence-corrected chi connectivity index (χ0v) is 12.6. The van der Waals surface area contributed by atoms with Crippen molar-refractivity contribution in [1.29, 1.82) is 0 Å². The maximum Gasteiger partial charge on any atom is 0.308 e. The first-order valence-electron chi connectivity index (χ1n) is 6.79. The summed E-state index contributed by atoms with van der Waals surface area (Å²) in [6.45, 7) is 1.85. The van der Waals surface area contributed by atoms with Crippen LogP contribution >= 0.6 is 11.6 Å². The summed E-state index contributed by atoms with van der Waals surface area (Å²) >= 11 is 5.74. The van der Waals surface area contributed by atoms with Crippen molar-refractivity contribution in [2.24, 2.45) is 5.92 Å². The van der Waals surface area contributed by atoms with Gasteiger partial charge in [-0.05, 0) is 31.9 Å². The molecule has 0 aliphatic carbocycles. The van der Waals surface area contributed by atoms with Gasteiger partial charge in [0.15, 0.2) is 0 Å². The lowest BCUT2D eigenvalue weighted by Gasteiger charge is -2.36. The van der Waals surface area contributed by atoms with Crippen LogP contribution in [0.15, 0.2) is 18.2 Å². The first-order chi connectivity index (χ1) is 10.3. The van der Waals surface area contributed by atoms with Crippen LogP contribution < -0.4 is 0 Å². The second-order valence-corrected chi connectivity index (χ2v) is 5.77. The fourth-order valence-electron chi connectivity index (χ4n) is 2.58. The molecule has 118 valence electrons. The second kappa shape index (κ2) is 6.31. The van der Waals surface area contributed by atoms with E-state index in [0.717, 1.165) is 6.07 Å². The van der Waals surface area contributed by atoms with E-state index in [9.17, 15) is 19.7 Å². The van der Waals surface area contributed by atoms with E-state index in [0.29, 0.717) is 12.8 Å². The van der Waals surface area contributed by atoms with Crippen LogP contribution in [0.25, 0.3) is 0 Å². The van der Waals surface area contributed by atoms with Crippen molar-refractivity contribution in [3.63, 3.8) is 0 Å². The van der Waals surface area contributed by atoms with Gasteiger partial charge in [0.05, 0.1) is 10.8 Å². The predicted molar refractivity (Wildman–Crippen MR) is 79.0 cm³/mol. The van der Waals surface area contributed by atoms with Crippen molar-refractivity contribution in [1.82, 2.24) is 4.90 Å². The number of carboxylic acids is 1. The third kappa shape index (κ3) is 3.19. The molecular weight excluding hydrogens is 312 g/mol. The second-order valence-electron chi connectivity index (χ2n) is 5.34. The summed E-state index contributed by atoms with van der Waals surface area (Å²) in [7, 11) is 0. The predicted octanol–water partition coefficient (Wildman–Crippen LogP) is 2.57. The molecule has 1 heterocycles. The van der Waals surface area contributed by atoms with Crippen molar-refractivity contribution in [2.75, 3.05) is 6.54 Å². The maximum absolute atomic E-state index is 12.6. The summed E-state index contributed by atoms with van der Waals surface area (Å²) in [5, 5.41) is 20.4. The number of likely N-dealkylation sites (tertiary alicyclic amines) is 1. The van der Waals surface area contributed by atoms with Crippen molar-refractivity contribution in [3.8, 4) is 0 Å². The Bertz CT molecular complexity index is 634. The van der Waals surface area contributed by atoms with E-state index in [-0.39, 0.29) is 28.9 Å². The Morgan fingerprint density at radius 1 is 1.41 bits per heavy atom. The average molecular weight is 327 g/mol. The minimum atomic E-state index is -0.963. The number of hydrogen-bond donors (Lipinski definition) is 1. The molecule has 1 fully saturated rings. The molecular formula is C14H15ClN2O5. The molecule has 2 unspecified atom stereocenters. The molecule has 22 heavy (non-hydrogen) atoms. The number of carbonyl (C=O) groups is 2. The number of benzene rings is 1. The fourth-order valence-corrected chi connectivity index (χ4v) is 2.75. The zero-order valence-electron chi connectivity index (χ0n) is 11.9. The third-order valence-electron chi connectivity index (χ3n) is 3.88. The summed E-state index contributed by atoms with van der Waals surface area (Å²) in [6.07, 6.45) is 1.03. The summed E-state index contributed by atoms with van der Waals surface area (Å²) in [5.74, 6) is -2.15. The molecule has 7 nitrogen and oxygen atoms in total. The Morgan fingerprint density at radius 3 is 2.68 bits per heavy atom. The van der Waals surface area contributed by atoms with Gasteiger partial charge in [-0.3, -0.25) is 19.7 Å². The number of nitro groups is 1. The summed E-state index contributed by atoms with van der Waals surface area (Å²) in [5.41, 5.74) is -0.450. The largest absolute Gasteiger partial charge is 0.481 e. The van der Waals surface area contributed by atoms with E-state index in [1.165, 1.54) is 17.0 Å². The lowest BCUT2D eigenvalue weighted by atomic mass is 9.93. The van der Waals surface area contributed by atoms with E-state index in [1.54, 1.807) is 6.92 Å². The number of rotatable bonds is 3. The highest BCUT2D eigenvalue weighted by Crippen LogP contribution is 2.28. The summed E-state index contributed by atoms with van der Waals surface area (Å²) < 4.78 is 0. The number of carboxylic acid groups (broad SMARTS) is 1. The number of aliphatic carboxylic acids is 1. The number of hydrogen-bond acceptors (Lipinski definition) is 4. The van der Waals surface area contributed by atoms with Crippen LogP contribution in [0.4, 0.5) is 5.69 Å². The maximum atomic E-state index is 12.6. The molecule has 1 amide bonds. The number of piperidine rings is 1. The van der Waals surface area contributed by atoms with Gasteiger partial charge in [-0.15, -0.1) is 0 Å². The zero-order chi connectivity index (χ0) is 16.4. The Kier molecular flexibility index (Phi) is 4.65. The van der Waals surface area contributed by atoms with Crippen molar-refractivity contribution < 1.29 is 19.6 Å². The van der Waals surface area contributed by atoms with Crippen molar-refractivity contribution in [3.05, 3.63) is 38.9 Å². The fraction of sp³-hybridized carbons (Fsp3) is 0.429. The quantitative estimate of drug-likeness (QED) is 0.679. The van der Waals surface area contributed by atoms with Crippen LogP contribution in [0, 0.1) is 16.0 Å². The van der Waals surface area contributed by atoms with E-state index in [2.05, 4.69) is 0 Å². The molecule has 1 aliphatic heterocycles. The SMILES string of the molecule is CC1CCC(C(=O)O)CN1C(=O)c1ccc(Cl)cc1[N+](=O)[O-]. The molecule has 8 heteroatoms. The Hall–Kier alpha value is -2.15. The molecule has 1 N–H and O–H groups in total. The number of nitro benzene ring substituents is 1. The first kappa shape index (κ1) is 16.2. The van der Waals surface area contributed by atoms with E-state index in [4.69, 9.17) is 16.7 Å². The van der Waals surface area contributed by atoms with Crippen LogP contribution in [0.1, 0.15) is 30.1 Å². The van der Waals surface area contributed by atoms with Gasteiger partial charge in [0.2, 0.25) is 0 Å². The van der Waals surface area contributed by atoms with Crippen molar-refractivity contribution in [2.45, 2.75) is 25.8 Å².